The van der Waals surface area contributed by atoms with E-state index in [2.05, 4.69) is 45.1 Å². The Labute approximate surface area is 123 Å². The van der Waals surface area contributed by atoms with Gasteiger partial charge in [-0.05, 0) is 37.1 Å². The summed E-state index contributed by atoms with van der Waals surface area (Å²) in [4.78, 5) is 13.9. The molecule has 1 fully saturated rings. The zero-order valence-electron chi connectivity index (χ0n) is 11.3. The number of nitrogens with zero attached hydrogens (tertiary/aromatic N) is 1. The van der Waals surface area contributed by atoms with E-state index >= 15 is 0 Å². The number of piperidine rings is 1. The van der Waals surface area contributed by atoms with E-state index in [1.807, 2.05) is 0 Å². The van der Waals surface area contributed by atoms with Gasteiger partial charge in [-0.2, -0.15) is 0 Å². The van der Waals surface area contributed by atoms with Gasteiger partial charge >= 0.3 is 5.97 Å². The van der Waals surface area contributed by atoms with Gasteiger partial charge in [-0.1, -0.05) is 34.5 Å². The van der Waals surface area contributed by atoms with Crippen LogP contribution in [0.25, 0.3) is 0 Å². The number of methoxy groups -OCH3 is 1. The number of esters is 1. The molecule has 2 rings (SSSR count). The lowest BCUT2D eigenvalue weighted by molar-refractivity contribution is -0.142. The minimum absolute atomic E-state index is 0.104. The Morgan fingerprint density at radius 1 is 1.37 bits per heavy atom. The van der Waals surface area contributed by atoms with E-state index in [-0.39, 0.29) is 5.97 Å². The van der Waals surface area contributed by atoms with Crippen molar-refractivity contribution in [2.75, 3.05) is 13.7 Å². The zero-order valence-corrected chi connectivity index (χ0v) is 12.9. The molecule has 0 radical (unpaired) electrons. The SMILES string of the molecule is COC(=O)CC1CCCCN1Cc1ccc(Br)cc1. The van der Waals surface area contributed by atoms with E-state index in [9.17, 15) is 4.79 Å². The lowest BCUT2D eigenvalue weighted by Crippen LogP contribution is -2.40. The normalized spacial score (nSPS) is 20.2. The molecular weight excluding hydrogens is 306 g/mol. The molecule has 0 spiro atoms. The average Bonchev–Trinajstić information content (AvgIpc) is 2.43. The van der Waals surface area contributed by atoms with Gasteiger partial charge in [0.25, 0.3) is 0 Å². The second-order valence-corrected chi connectivity index (χ2v) is 5.94. The molecule has 0 bridgehead atoms. The lowest BCUT2D eigenvalue weighted by Gasteiger charge is -2.35. The second-order valence-electron chi connectivity index (χ2n) is 5.03. The van der Waals surface area contributed by atoms with Crippen molar-refractivity contribution in [2.24, 2.45) is 0 Å². The van der Waals surface area contributed by atoms with Crippen LogP contribution in [0.5, 0.6) is 0 Å². The number of hydrogen-bond donors (Lipinski definition) is 0. The van der Waals surface area contributed by atoms with Gasteiger partial charge in [0.1, 0.15) is 0 Å². The van der Waals surface area contributed by atoms with Crippen molar-refractivity contribution in [3.8, 4) is 0 Å². The van der Waals surface area contributed by atoms with Crippen molar-refractivity contribution in [3.05, 3.63) is 34.3 Å². The Morgan fingerprint density at radius 3 is 2.79 bits per heavy atom. The summed E-state index contributed by atoms with van der Waals surface area (Å²) in [6.07, 6.45) is 4.02. The summed E-state index contributed by atoms with van der Waals surface area (Å²) in [5.74, 6) is -0.104. The highest BCUT2D eigenvalue weighted by Crippen LogP contribution is 2.23. The number of hydrogen-bond acceptors (Lipinski definition) is 3. The smallest absolute Gasteiger partial charge is 0.307 e. The number of likely N-dealkylation sites (tertiary alicyclic amines) is 1. The maximum atomic E-state index is 11.5. The molecule has 1 heterocycles. The standard InChI is InChI=1S/C15H20BrNO2/c1-19-15(18)10-14-4-2-3-9-17(14)11-12-5-7-13(16)8-6-12/h5-8,14H,2-4,9-11H2,1H3. The quantitative estimate of drug-likeness (QED) is 0.795. The highest BCUT2D eigenvalue weighted by atomic mass is 79.9. The molecule has 3 nitrogen and oxygen atoms in total. The first-order valence-corrected chi connectivity index (χ1v) is 7.53. The van der Waals surface area contributed by atoms with Gasteiger partial charge in [0.05, 0.1) is 13.5 Å². The molecule has 1 aliphatic rings. The third-order valence-electron chi connectivity index (χ3n) is 3.68. The van der Waals surface area contributed by atoms with Crippen molar-refractivity contribution < 1.29 is 9.53 Å². The first-order valence-electron chi connectivity index (χ1n) is 6.74. The van der Waals surface area contributed by atoms with Gasteiger partial charge in [0, 0.05) is 17.1 Å². The molecule has 104 valence electrons. The minimum Gasteiger partial charge on any atom is -0.469 e. The molecule has 1 aliphatic heterocycles. The number of halogens is 1. The largest absolute Gasteiger partial charge is 0.469 e. The fourth-order valence-corrected chi connectivity index (χ4v) is 2.86. The fourth-order valence-electron chi connectivity index (χ4n) is 2.60. The highest BCUT2D eigenvalue weighted by molar-refractivity contribution is 9.10. The van der Waals surface area contributed by atoms with Crippen LogP contribution in [0.3, 0.4) is 0 Å². The minimum atomic E-state index is -0.104. The third-order valence-corrected chi connectivity index (χ3v) is 4.21. The van der Waals surface area contributed by atoms with Gasteiger partial charge < -0.3 is 4.74 Å². The Kier molecular flexibility index (Phi) is 5.40. The van der Waals surface area contributed by atoms with E-state index in [4.69, 9.17) is 4.74 Å². The van der Waals surface area contributed by atoms with Crippen molar-refractivity contribution in [1.29, 1.82) is 0 Å². The third kappa shape index (κ3) is 4.32. The predicted molar refractivity (Wildman–Crippen MR) is 78.8 cm³/mol. The van der Waals surface area contributed by atoms with Crippen LogP contribution in [0, 0.1) is 0 Å². The molecule has 4 heteroatoms. The summed E-state index contributed by atoms with van der Waals surface area (Å²) < 4.78 is 5.89. The summed E-state index contributed by atoms with van der Waals surface area (Å²) in [5.41, 5.74) is 1.29. The van der Waals surface area contributed by atoms with Crippen LogP contribution in [0.1, 0.15) is 31.2 Å². The van der Waals surface area contributed by atoms with E-state index in [0.717, 1.165) is 24.0 Å². The van der Waals surface area contributed by atoms with E-state index in [1.165, 1.54) is 25.5 Å². The second kappa shape index (κ2) is 7.06. The van der Waals surface area contributed by atoms with Gasteiger partial charge in [0.15, 0.2) is 0 Å². The molecule has 1 aromatic carbocycles. The number of benzene rings is 1. The molecule has 1 atom stereocenters. The van der Waals surface area contributed by atoms with Crippen LogP contribution in [-0.2, 0) is 16.1 Å². The Hall–Kier alpha value is -0.870. The van der Waals surface area contributed by atoms with Crippen LogP contribution < -0.4 is 0 Å². The fraction of sp³-hybridized carbons (Fsp3) is 0.533. The molecule has 0 saturated carbocycles. The zero-order chi connectivity index (χ0) is 13.7. The average molecular weight is 326 g/mol. The highest BCUT2D eigenvalue weighted by Gasteiger charge is 2.24. The van der Waals surface area contributed by atoms with Crippen LogP contribution >= 0.6 is 15.9 Å². The van der Waals surface area contributed by atoms with Crippen LogP contribution in [0.2, 0.25) is 0 Å². The van der Waals surface area contributed by atoms with Gasteiger partial charge in [-0.3, -0.25) is 9.69 Å². The van der Waals surface area contributed by atoms with E-state index < -0.39 is 0 Å². The van der Waals surface area contributed by atoms with Crippen molar-refractivity contribution in [3.63, 3.8) is 0 Å². The number of rotatable bonds is 4. The van der Waals surface area contributed by atoms with Gasteiger partial charge in [-0.25, -0.2) is 0 Å². The summed E-state index contributed by atoms with van der Waals surface area (Å²) in [7, 11) is 1.46. The Morgan fingerprint density at radius 2 is 2.11 bits per heavy atom. The van der Waals surface area contributed by atoms with Gasteiger partial charge in [-0.15, -0.1) is 0 Å². The van der Waals surface area contributed by atoms with Crippen molar-refractivity contribution in [1.82, 2.24) is 4.90 Å². The topological polar surface area (TPSA) is 29.5 Å². The monoisotopic (exact) mass is 325 g/mol. The molecule has 0 N–H and O–H groups in total. The summed E-state index contributed by atoms with van der Waals surface area (Å²) in [6, 6.07) is 8.72. The first-order chi connectivity index (χ1) is 9.19. The van der Waals surface area contributed by atoms with Gasteiger partial charge in [0.2, 0.25) is 0 Å². The number of carbonyl (C=O) groups is 1. The van der Waals surface area contributed by atoms with E-state index in [1.54, 1.807) is 0 Å². The molecule has 0 aromatic heterocycles. The number of ether oxygens (including phenoxy) is 1. The van der Waals surface area contributed by atoms with Crippen LogP contribution in [0.15, 0.2) is 28.7 Å². The molecule has 1 unspecified atom stereocenters. The van der Waals surface area contributed by atoms with E-state index in [0.29, 0.717) is 12.5 Å². The first kappa shape index (κ1) is 14.5. The molecule has 0 amide bonds. The maximum Gasteiger partial charge on any atom is 0.307 e. The Balaban J connectivity index is 1.99. The summed E-state index contributed by atoms with van der Waals surface area (Å²) in [5, 5.41) is 0. The predicted octanol–water partition coefficient (Wildman–Crippen LogP) is 3.37. The Bertz CT molecular complexity index is 419. The maximum absolute atomic E-state index is 11.5. The van der Waals surface area contributed by atoms with Crippen LogP contribution in [-0.4, -0.2) is 30.6 Å². The van der Waals surface area contributed by atoms with Crippen molar-refractivity contribution in [2.45, 2.75) is 38.3 Å². The lowest BCUT2D eigenvalue weighted by atomic mass is 9.98. The molecule has 0 aliphatic carbocycles. The summed E-state index contributed by atoms with van der Waals surface area (Å²) >= 11 is 3.45. The molecular formula is C15H20BrNO2. The number of carbonyl (C=O) groups excluding carboxylic acids is 1. The molecule has 1 saturated heterocycles. The summed E-state index contributed by atoms with van der Waals surface area (Å²) in [6.45, 7) is 1.98. The van der Waals surface area contributed by atoms with Crippen molar-refractivity contribution >= 4 is 21.9 Å². The van der Waals surface area contributed by atoms with Crippen LogP contribution in [0.4, 0.5) is 0 Å². The molecule has 19 heavy (non-hydrogen) atoms. The molecule has 1 aromatic rings.